The minimum Gasteiger partial charge on any atom is -0.459 e. The van der Waals surface area contributed by atoms with Crippen LogP contribution in [0, 0.1) is 0 Å². The van der Waals surface area contributed by atoms with Gasteiger partial charge in [-0.2, -0.15) is 5.10 Å². The van der Waals surface area contributed by atoms with Crippen LogP contribution in [0.15, 0.2) is 58.2 Å². The number of nitrogens with zero attached hydrogens (tertiary/aromatic N) is 4. The van der Waals surface area contributed by atoms with Crippen LogP contribution >= 0.6 is 0 Å². The first-order valence-corrected chi connectivity index (χ1v) is 9.21. The van der Waals surface area contributed by atoms with Gasteiger partial charge in [0.15, 0.2) is 5.76 Å². The number of piperazine rings is 1. The highest BCUT2D eigenvalue weighted by molar-refractivity contribution is 6.40. The van der Waals surface area contributed by atoms with Crippen molar-refractivity contribution in [3.63, 3.8) is 0 Å². The summed E-state index contributed by atoms with van der Waals surface area (Å²) in [5.74, 6) is -0.184. The fraction of sp³-hybridized carbons (Fsp3) is 0.300. The summed E-state index contributed by atoms with van der Waals surface area (Å²) in [6.07, 6.45) is 2.04. The van der Waals surface area contributed by atoms with Gasteiger partial charge in [-0.15, -0.1) is 0 Å². The van der Waals surface area contributed by atoms with Crippen LogP contribution in [0.5, 0.6) is 0 Å². The van der Waals surface area contributed by atoms with Gasteiger partial charge in [-0.1, -0.05) is 18.2 Å². The van der Waals surface area contributed by atoms with Crippen molar-refractivity contribution in [3.05, 3.63) is 54.5 Å². The molecule has 2 aliphatic heterocycles. The van der Waals surface area contributed by atoms with E-state index in [2.05, 4.69) is 5.10 Å². The predicted molar refractivity (Wildman–Crippen MR) is 102 cm³/mol. The van der Waals surface area contributed by atoms with Gasteiger partial charge in [-0.05, 0) is 24.3 Å². The second-order valence-electron chi connectivity index (χ2n) is 6.65. The second kappa shape index (κ2) is 7.67. The molecule has 3 heterocycles. The lowest BCUT2D eigenvalue weighted by Gasteiger charge is -2.35. The van der Waals surface area contributed by atoms with Crippen LogP contribution in [0.3, 0.4) is 0 Å². The van der Waals surface area contributed by atoms with E-state index in [4.69, 9.17) is 4.42 Å². The molecule has 8 nitrogen and oxygen atoms in total. The highest BCUT2D eigenvalue weighted by atomic mass is 16.3. The van der Waals surface area contributed by atoms with Gasteiger partial charge in [0.25, 0.3) is 11.8 Å². The number of anilines is 1. The molecule has 144 valence electrons. The first-order valence-electron chi connectivity index (χ1n) is 9.21. The molecule has 2 aromatic rings. The summed E-state index contributed by atoms with van der Waals surface area (Å²) in [6.45, 7) is 1.70. The zero-order chi connectivity index (χ0) is 19.5. The molecule has 1 aromatic heterocycles. The Kier molecular flexibility index (Phi) is 4.92. The number of carbonyl (C=O) groups excluding carboxylic acids is 3. The van der Waals surface area contributed by atoms with Crippen molar-refractivity contribution in [1.29, 1.82) is 0 Å². The SMILES string of the molecule is O=C(C1=NN(c2ccccc2)C(=O)CC1)N1CCN(C(=O)c2ccco2)CC1. The summed E-state index contributed by atoms with van der Waals surface area (Å²) in [5, 5.41) is 5.62. The van der Waals surface area contributed by atoms with Gasteiger partial charge in [0.2, 0.25) is 5.91 Å². The van der Waals surface area contributed by atoms with Gasteiger partial charge in [-0.3, -0.25) is 14.4 Å². The molecule has 1 fully saturated rings. The standard InChI is InChI=1S/C20H20N4O4/c25-18-9-8-16(21-24(18)15-5-2-1-3-6-15)19(26)22-10-12-23(13-11-22)20(27)17-7-4-14-28-17/h1-7,14H,8-13H2. The van der Waals surface area contributed by atoms with Crippen molar-refractivity contribution in [1.82, 2.24) is 9.80 Å². The molecule has 0 atom stereocenters. The van der Waals surface area contributed by atoms with E-state index >= 15 is 0 Å². The maximum Gasteiger partial charge on any atom is 0.289 e. The number of para-hydroxylation sites is 1. The maximum atomic E-state index is 12.9. The lowest BCUT2D eigenvalue weighted by molar-refractivity contribution is -0.125. The summed E-state index contributed by atoms with van der Waals surface area (Å²) >= 11 is 0. The van der Waals surface area contributed by atoms with E-state index in [1.54, 1.807) is 34.1 Å². The van der Waals surface area contributed by atoms with Crippen LogP contribution in [-0.2, 0) is 9.59 Å². The molecule has 2 aliphatic rings. The average molecular weight is 380 g/mol. The van der Waals surface area contributed by atoms with Gasteiger partial charge < -0.3 is 14.2 Å². The number of hydrogen-bond donors (Lipinski definition) is 0. The molecule has 0 N–H and O–H groups in total. The average Bonchev–Trinajstić information content (AvgIpc) is 3.29. The minimum atomic E-state index is -0.182. The van der Waals surface area contributed by atoms with E-state index in [1.165, 1.54) is 11.3 Å². The Morgan fingerprint density at radius 1 is 0.857 bits per heavy atom. The largest absolute Gasteiger partial charge is 0.459 e. The van der Waals surface area contributed by atoms with Crippen molar-refractivity contribution in [3.8, 4) is 0 Å². The third kappa shape index (κ3) is 3.53. The Hall–Kier alpha value is -3.42. The van der Waals surface area contributed by atoms with E-state index < -0.39 is 0 Å². The molecular formula is C20H20N4O4. The van der Waals surface area contributed by atoms with Crippen LogP contribution in [0.2, 0.25) is 0 Å². The van der Waals surface area contributed by atoms with Gasteiger partial charge in [0.05, 0.1) is 12.0 Å². The quantitative estimate of drug-likeness (QED) is 0.812. The lowest BCUT2D eigenvalue weighted by Crippen LogP contribution is -2.52. The van der Waals surface area contributed by atoms with Crippen LogP contribution in [-0.4, -0.2) is 59.4 Å². The summed E-state index contributed by atoms with van der Waals surface area (Å²) in [6, 6.07) is 12.4. The number of carbonyl (C=O) groups is 3. The number of amides is 3. The second-order valence-corrected chi connectivity index (χ2v) is 6.65. The first kappa shape index (κ1) is 18.0. The zero-order valence-corrected chi connectivity index (χ0v) is 15.3. The molecular weight excluding hydrogens is 360 g/mol. The Balaban J connectivity index is 1.42. The third-order valence-electron chi connectivity index (χ3n) is 4.87. The smallest absolute Gasteiger partial charge is 0.289 e. The Labute approximate surface area is 162 Å². The fourth-order valence-electron chi connectivity index (χ4n) is 3.33. The van der Waals surface area contributed by atoms with Gasteiger partial charge in [-0.25, -0.2) is 5.01 Å². The summed E-state index contributed by atoms with van der Waals surface area (Å²) in [7, 11) is 0. The van der Waals surface area contributed by atoms with Gasteiger partial charge in [0.1, 0.15) is 5.71 Å². The maximum absolute atomic E-state index is 12.9. The van der Waals surface area contributed by atoms with Crippen molar-refractivity contribution in [2.45, 2.75) is 12.8 Å². The van der Waals surface area contributed by atoms with Gasteiger partial charge >= 0.3 is 0 Å². The molecule has 28 heavy (non-hydrogen) atoms. The van der Waals surface area contributed by atoms with Crippen LogP contribution in [0.1, 0.15) is 23.4 Å². The van der Waals surface area contributed by atoms with Crippen molar-refractivity contribution in [2.75, 3.05) is 31.2 Å². The number of benzene rings is 1. The normalized spacial score (nSPS) is 17.5. The fourth-order valence-corrected chi connectivity index (χ4v) is 3.33. The lowest BCUT2D eigenvalue weighted by atomic mass is 10.1. The number of furan rings is 1. The van der Waals surface area contributed by atoms with Crippen LogP contribution in [0.25, 0.3) is 0 Å². The highest BCUT2D eigenvalue weighted by Crippen LogP contribution is 2.20. The topological polar surface area (TPSA) is 86.4 Å². The van der Waals surface area contributed by atoms with Crippen molar-refractivity contribution < 1.29 is 18.8 Å². The zero-order valence-electron chi connectivity index (χ0n) is 15.3. The highest BCUT2D eigenvalue weighted by Gasteiger charge is 2.31. The van der Waals surface area contributed by atoms with E-state index in [0.717, 1.165) is 0 Å². The van der Waals surface area contributed by atoms with E-state index in [-0.39, 0.29) is 24.1 Å². The molecule has 0 bridgehead atoms. The third-order valence-corrected chi connectivity index (χ3v) is 4.87. The summed E-state index contributed by atoms with van der Waals surface area (Å²) in [4.78, 5) is 40.8. The monoisotopic (exact) mass is 380 g/mol. The van der Waals surface area contributed by atoms with E-state index in [1.807, 2.05) is 18.2 Å². The Bertz CT molecular complexity index is 900. The van der Waals surface area contributed by atoms with Crippen LogP contribution in [0.4, 0.5) is 5.69 Å². The van der Waals surface area contributed by atoms with E-state index in [9.17, 15) is 14.4 Å². The van der Waals surface area contributed by atoms with Gasteiger partial charge in [0, 0.05) is 39.0 Å². The Morgan fingerprint density at radius 2 is 1.54 bits per heavy atom. The minimum absolute atomic E-state index is 0.128. The van der Waals surface area contributed by atoms with E-state index in [0.29, 0.717) is 49.8 Å². The summed E-state index contributed by atoms with van der Waals surface area (Å²) in [5.41, 5.74) is 1.01. The summed E-state index contributed by atoms with van der Waals surface area (Å²) < 4.78 is 5.15. The number of hydrazone groups is 1. The van der Waals surface area contributed by atoms with Crippen molar-refractivity contribution in [2.24, 2.45) is 5.10 Å². The number of rotatable bonds is 3. The first-order chi connectivity index (χ1) is 13.6. The van der Waals surface area contributed by atoms with Crippen molar-refractivity contribution >= 4 is 29.1 Å². The Morgan fingerprint density at radius 3 is 2.18 bits per heavy atom. The molecule has 0 unspecified atom stereocenters. The molecule has 0 saturated carbocycles. The molecule has 1 saturated heterocycles. The predicted octanol–water partition coefficient (Wildman–Crippen LogP) is 1.75. The molecule has 1 aromatic carbocycles. The molecule has 0 spiro atoms. The van der Waals surface area contributed by atoms with Crippen LogP contribution < -0.4 is 5.01 Å². The molecule has 4 rings (SSSR count). The molecule has 3 amide bonds. The number of hydrogen-bond acceptors (Lipinski definition) is 5. The molecule has 0 aliphatic carbocycles. The molecule has 0 radical (unpaired) electrons. The molecule has 8 heteroatoms.